The molecule has 22 heavy (non-hydrogen) atoms. The lowest BCUT2D eigenvalue weighted by Gasteiger charge is -2.04. The minimum atomic E-state index is 0.0385. The van der Waals surface area contributed by atoms with E-state index in [0.717, 1.165) is 41.3 Å². The second-order valence-corrected chi connectivity index (χ2v) is 6.46. The molecule has 4 nitrogen and oxygen atoms in total. The average molecular weight is 338 g/mol. The van der Waals surface area contributed by atoms with Crippen LogP contribution in [0.25, 0.3) is 10.6 Å². The first-order valence-electron chi connectivity index (χ1n) is 7.31. The van der Waals surface area contributed by atoms with Crippen LogP contribution in [0.2, 0.25) is 0 Å². The molecule has 2 N–H and O–H groups in total. The molecule has 2 aromatic rings. The molecule has 0 aliphatic rings. The van der Waals surface area contributed by atoms with Gasteiger partial charge in [-0.15, -0.1) is 11.3 Å². The van der Waals surface area contributed by atoms with Crippen molar-refractivity contribution in [3.8, 4) is 10.6 Å². The van der Waals surface area contributed by atoms with Crippen LogP contribution in [-0.4, -0.2) is 17.4 Å². The Bertz CT molecular complexity index is 598. The van der Waals surface area contributed by atoms with E-state index in [1.165, 1.54) is 5.56 Å². The number of halogens is 1. The summed E-state index contributed by atoms with van der Waals surface area (Å²) in [4.78, 5) is 18.9. The molecule has 1 aromatic carbocycles. The minimum Gasteiger partial charge on any atom is -0.356 e. The van der Waals surface area contributed by atoms with E-state index in [1.54, 1.807) is 18.3 Å². The molecule has 118 valence electrons. The lowest BCUT2D eigenvalue weighted by atomic mass is 10.1. The molecular weight excluding hydrogens is 318 g/mol. The van der Waals surface area contributed by atoms with Crippen LogP contribution in [0, 0.1) is 0 Å². The maximum Gasteiger partial charge on any atom is 0.216 e. The Kier molecular flexibility index (Phi) is 6.83. The zero-order valence-corrected chi connectivity index (χ0v) is 14.1. The highest BCUT2D eigenvalue weighted by molar-refractivity contribution is 7.15. The van der Waals surface area contributed by atoms with E-state index in [0.29, 0.717) is 6.54 Å². The highest BCUT2D eigenvalue weighted by Crippen LogP contribution is 2.25. The van der Waals surface area contributed by atoms with Gasteiger partial charge in [0.2, 0.25) is 5.91 Å². The van der Waals surface area contributed by atoms with Gasteiger partial charge < -0.3 is 5.32 Å². The number of benzene rings is 1. The Labute approximate surface area is 140 Å². The number of nitrogens with one attached hydrogen (secondary N) is 2. The number of hydrogen-bond donors (Lipinski definition) is 2. The second kappa shape index (κ2) is 8.88. The fourth-order valence-corrected chi connectivity index (χ4v) is 3.20. The van der Waals surface area contributed by atoms with Crippen molar-refractivity contribution in [2.24, 2.45) is 0 Å². The predicted molar refractivity (Wildman–Crippen MR) is 91.9 cm³/mol. The molecule has 0 aliphatic heterocycles. The van der Waals surface area contributed by atoms with E-state index in [1.807, 2.05) is 6.20 Å². The Morgan fingerprint density at radius 1 is 1.27 bits per heavy atom. The molecule has 0 unspecified atom stereocenters. The van der Waals surface area contributed by atoms with E-state index in [2.05, 4.69) is 39.4 Å². The van der Waals surface area contributed by atoms with Crippen LogP contribution >= 0.6 is 23.1 Å². The molecule has 1 heterocycles. The third-order valence-corrected chi connectivity index (χ3v) is 4.44. The van der Waals surface area contributed by atoms with Gasteiger partial charge in [-0.05, 0) is 36.6 Å². The first-order chi connectivity index (χ1) is 10.7. The van der Waals surface area contributed by atoms with Crippen molar-refractivity contribution in [2.45, 2.75) is 32.7 Å². The number of nitrogens with zero attached hydrogens (tertiary/aromatic N) is 1. The molecule has 0 saturated heterocycles. The van der Waals surface area contributed by atoms with Crippen LogP contribution in [0.5, 0.6) is 0 Å². The zero-order chi connectivity index (χ0) is 15.8. The summed E-state index contributed by atoms with van der Waals surface area (Å²) in [6.45, 7) is 2.93. The van der Waals surface area contributed by atoms with E-state index < -0.39 is 0 Å². The summed E-state index contributed by atoms with van der Waals surface area (Å²) in [6.07, 6.45) is 4.95. The number of carbonyl (C=O) groups excluding carboxylic acids is 1. The molecule has 0 aliphatic carbocycles. The summed E-state index contributed by atoms with van der Waals surface area (Å²) >= 11 is 7.15. The van der Waals surface area contributed by atoms with Gasteiger partial charge in [0.1, 0.15) is 5.01 Å². The first-order valence-corrected chi connectivity index (χ1v) is 8.50. The largest absolute Gasteiger partial charge is 0.356 e. The molecular formula is C16H20ClN3OS. The van der Waals surface area contributed by atoms with Crippen LogP contribution in [0.3, 0.4) is 0 Å². The van der Waals surface area contributed by atoms with Crippen molar-refractivity contribution in [3.63, 3.8) is 0 Å². The summed E-state index contributed by atoms with van der Waals surface area (Å²) in [5, 5.41) is 3.83. The smallest absolute Gasteiger partial charge is 0.216 e. The summed E-state index contributed by atoms with van der Waals surface area (Å²) in [5.74, 6) is 0.0385. The van der Waals surface area contributed by atoms with Gasteiger partial charge in [-0.25, -0.2) is 9.82 Å². The summed E-state index contributed by atoms with van der Waals surface area (Å²) < 4.78 is 0. The van der Waals surface area contributed by atoms with E-state index >= 15 is 0 Å². The Morgan fingerprint density at radius 3 is 2.73 bits per heavy atom. The highest BCUT2D eigenvalue weighted by atomic mass is 35.5. The van der Waals surface area contributed by atoms with Crippen LogP contribution in [0.15, 0.2) is 30.5 Å². The topological polar surface area (TPSA) is 54.0 Å². The number of hydrogen-bond acceptors (Lipinski definition) is 4. The molecule has 0 fully saturated rings. The number of aromatic nitrogens is 1. The van der Waals surface area contributed by atoms with Crippen molar-refractivity contribution in [1.82, 2.24) is 15.1 Å². The first kappa shape index (κ1) is 16.9. The van der Waals surface area contributed by atoms with Gasteiger partial charge in [0, 0.05) is 36.7 Å². The van der Waals surface area contributed by atoms with Gasteiger partial charge in [-0.2, -0.15) is 0 Å². The monoisotopic (exact) mass is 337 g/mol. The molecule has 0 radical (unpaired) electrons. The van der Waals surface area contributed by atoms with E-state index in [9.17, 15) is 4.79 Å². The van der Waals surface area contributed by atoms with Crippen molar-refractivity contribution in [3.05, 3.63) is 40.9 Å². The standard InChI is InChI=1S/C16H20ClN3OS/c1-12(21)18-9-3-2-4-13-5-7-14(8-6-13)16-19-10-15(22-16)11-20-17/h5-8,10,20H,2-4,9,11H2,1H3,(H,18,21). The second-order valence-electron chi connectivity index (χ2n) is 5.08. The van der Waals surface area contributed by atoms with Crippen LogP contribution < -0.4 is 10.2 Å². The van der Waals surface area contributed by atoms with Crippen molar-refractivity contribution < 1.29 is 4.79 Å². The maximum atomic E-state index is 10.8. The predicted octanol–water partition coefficient (Wildman–Crippen LogP) is 3.51. The molecule has 0 spiro atoms. The number of aryl methyl sites for hydroxylation is 1. The van der Waals surface area contributed by atoms with Gasteiger partial charge in [0.25, 0.3) is 0 Å². The number of thiazole rings is 1. The third kappa shape index (κ3) is 5.40. The zero-order valence-electron chi connectivity index (χ0n) is 12.6. The third-order valence-electron chi connectivity index (χ3n) is 3.26. The molecule has 0 atom stereocenters. The summed E-state index contributed by atoms with van der Waals surface area (Å²) in [7, 11) is 0. The molecule has 2 rings (SSSR count). The summed E-state index contributed by atoms with van der Waals surface area (Å²) in [6, 6.07) is 8.52. The molecule has 1 amide bonds. The van der Waals surface area contributed by atoms with Crippen LogP contribution in [-0.2, 0) is 17.8 Å². The Balaban J connectivity index is 1.83. The van der Waals surface area contributed by atoms with E-state index in [4.69, 9.17) is 11.8 Å². The molecule has 1 aromatic heterocycles. The van der Waals surface area contributed by atoms with E-state index in [-0.39, 0.29) is 5.91 Å². The lowest BCUT2D eigenvalue weighted by Crippen LogP contribution is -2.20. The van der Waals surface area contributed by atoms with Gasteiger partial charge in [0.05, 0.1) is 0 Å². The minimum absolute atomic E-state index is 0.0385. The molecule has 6 heteroatoms. The van der Waals surface area contributed by atoms with Crippen molar-refractivity contribution >= 4 is 29.0 Å². The Hall–Kier alpha value is -1.43. The fraction of sp³-hybridized carbons (Fsp3) is 0.375. The normalized spacial score (nSPS) is 10.6. The SMILES string of the molecule is CC(=O)NCCCCc1ccc(-c2ncc(CNCl)s2)cc1. The average Bonchev–Trinajstić information content (AvgIpc) is 2.96. The van der Waals surface area contributed by atoms with Crippen molar-refractivity contribution in [2.75, 3.05) is 6.54 Å². The highest BCUT2D eigenvalue weighted by Gasteiger charge is 2.04. The number of rotatable bonds is 8. The lowest BCUT2D eigenvalue weighted by molar-refractivity contribution is -0.118. The maximum absolute atomic E-state index is 10.8. The number of carbonyl (C=O) groups is 1. The Morgan fingerprint density at radius 2 is 2.05 bits per heavy atom. The van der Waals surface area contributed by atoms with Crippen molar-refractivity contribution in [1.29, 1.82) is 0 Å². The van der Waals surface area contributed by atoms with Gasteiger partial charge in [-0.1, -0.05) is 24.3 Å². The number of amides is 1. The fourth-order valence-electron chi connectivity index (χ4n) is 2.12. The number of unbranched alkanes of at least 4 members (excludes halogenated alkanes) is 1. The van der Waals surface area contributed by atoms with Gasteiger partial charge in [-0.3, -0.25) is 4.79 Å². The van der Waals surface area contributed by atoms with Crippen LogP contribution in [0.4, 0.5) is 0 Å². The molecule has 0 bridgehead atoms. The van der Waals surface area contributed by atoms with Crippen LogP contribution in [0.1, 0.15) is 30.2 Å². The summed E-state index contributed by atoms with van der Waals surface area (Å²) in [5.41, 5.74) is 2.44. The van der Waals surface area contributed by atoms with Gasteiger partial charge in [0.15, 0.2) is 0 Å². The van der Waals surface area contributed by atoms with Gasteiger partial charge >= 0.3 is 0 Å². The quantitative estimate of drug-likeness (QED) is 0.572. The molecule has 0 saturated carbocycles.